The maximum absolute atomic E-state index is 6.31. The van der Waals surface area contributed by atoms with E-state index in [4.69, 9.17) is 23.2 Å². The Labute approximate surface area is 98.6 Å². The van der Waals surface area contributed by atoms with Crippen molar-refractivity contribution in [3.8, 4) is 0 Å². The van der Waals surface area contributed by atoms with Gasteiger partial charge < -0.3 is 4.98 Å². The van der Waals surface area contributed by atoms with Crippen LogP contribution in [0.4, 0.5) is 0 Å². The Bertz CT molecular complexity index is 509. The zero-order chi connectivity index (χ0) is 11.2. The first-order valence-electron chi connectivity index (χ1n) is 4.73. The molecule has 0 atom stereocenters. The van der Waals surface area contributed by atoms with Crippen LogP contribution in [-0.4, -0.2) is 9.97 Å². The van der Waals surface area contributed by atoms with Gasteiger partial charge >= 0.3 is 0 Å². The van der Waals surface area contributed by atoms with Crippen LogP contribution in [0, 0.1) is 0 Å². The lowest BCUT2D eigenvalue weighted by Crippen LogP contribution is -2.12. The molecule has 2 rings (SSSR count). The van der Waals surface area contributed by atoms with Crippen LogP contribution in [-0.2, 0) is 5.41 Å². The lowest BCUT2D eigenvalue weighted by molar-refractivity contribution is 0.591. The summed E-state index contributed by atoms with van der Waals surface area (Å²) in [5.74, 6) is 0. The molecule has 1 N–H and O–H groups in total. The minimum atomic E-state index is -0.0820. The summed E-state index contributed by atoms with van der Waals surface area (Å²) in [7, 11) is 0. The van der Waals surface area contributed by atoms with E-state index in [0.717, 1.165) is 16.6 Å². The topological polar surface area (TPSA) is 28.7 Å². The van der Waals surface area contributed by atoms with E-state index in [9.17, 15) is 0 Å². The largest absolute Gasteiger partial charge is 0.345 e. The predicted octanol–water partition coefficient (Wildman–Crippen LogP) is 4.17. The number of aromatic amines is 1. The lowest BCUT2D eigenvalue weighted by atomic mass is 9.86. The van der Waals surface area contributed by atoms with Crippen LogP contribution in [0.5, 0.6) is 0 Å². The van der Waals surface area contributed by atoms with Crippen molar-refractivity contribution in [3.05, 3.63) is 28.0 Å². The fourth-order valence-corrected chi connectivity index (χ4v) is 2.77. The molecule has 2 aromatic rings. The molecule has 0 aliphatic heterocycles. The van der Waals surface area contributed by atoms with E-state index < -0.39 is 0 Å². The third kappa shape index (κ3) is 1.72. The summed E-state index contributed by atoms with van der Waals surface area (Å²) in [4.78, 5) is 7.19. The highest BCUT2D eigenvalue weighted by Gasteiger charge is 2.23. The third-order valence-corrected chi connectivity index (χ3v) is 3.02. The van der Waals surface area contributed by atoms with Gasteiger partial charge in [0.2, 0.25) is 0 Å². The number of H-pyrrole nitrogens is 1. The van der Waals surface area contributed by atoms with Gasteiger partial charge in [0.05, 0.1) is 16.9 Å². The number of imidazole rings is 1. The fraction of sp³-hybridized carbons (Fsp3) is 0.364. The molecule has 0 saturated heterocycles. The Morgan fingerprint density at radius 2 is 1.93 bits per heavy atom. The molecule has 0 bridgehead atoms. The van der Waals surface area contributed by atoms with Crippen molar-refractivity contribution >= 4 is 34.2 Å². The minimum absolute atomic E-state index is 0.0820. The summed E-state index contributed by atoms with van der Waals surface area (Å²) < 4.78 is 0. The molecule has 0 aliphatic carbocycles. The van der Waals surface area contributed by atoms with E-state index in [1.54, 1.807) is 6.33 Å². The molecule has 0 saturated carbocycles. The average Bonchev–Trinajstić information content (AvgIpc) is 2.48. The zero-order valence-electron chi connectivity index (χ0n) is 8.86. The number of fused-ring (bicyclic) bond motifs is 1. The molecule has 0 amide bonds. The second kappa shape index (κ2) is 3.39. The number of rotatable bonds is 0. The van der Waals surface area contributed by atoms with Crippen molar-refractivity contribution < 1.29 is 0 Å². The molecule has 0 spiro atoms. The second-order valence-electron chi connectivity index (χ2n) is 4.60. The van der Waals surface area contributed by atoms with E-state index in [1.807, 2.05) is 6.07 Å². The Balaban J connectivity index is 2.84. The fourth-order valence-electron chi connectivity index (χ4n) is 1.70. The number of nitrogens with one attached hydrogen (secondary N) is 1. The lowest BCUT2D eigenvalue weighted by Gasteiger charge is -2.22. The molecule has 80 valence electrons. The Morgan fingerprint density at radius 1 is 1.27 bits per heavy atom. The smallest absolute Gasteiger partial charge is 0.107 e. The van der Waals surface area contributed by atoms with Gasteiger partial charge in [-0.1, -0.05) is 44.0 Å². The van der Waals surface area contributed by atoms with Crippen molar-refractivity contribution in [3.63, 3.8) is 0 Å². The van der Waals surface area contributed by atoms with Gasteiger partial charge in [-0.05, 0) is 17.0 Å². The average molecular weight is 243 g/mol. The van der Waals surface area contributed by atoms with E-state index in [2.05, 4.69) is 30.7 Å². The summed E-state index contributed by atoms with van der Waals surface area (Å²) in [6.07, 6.45) is 1.62. The van der Waals surface area contributed by atoms with Gasteiger partial charge in [-0.15, -0.1) is 0 Å². The van der Waals surface area contributed by atoms with Gasteiger partial charge in [0, 0.05) is 5.02 Å². The number of halogens is 2. The predicted molar refractivity (Wildman–Crippen MR) is 64.8 cm³/mol. The highest BCUT2D eigenvalue weighted by atomic mass is 35.5. The molecule has 1 heterocycles. The van der Waals surface area contributed by atoms with Gasteiger partial charge in [0.25, 0.3) is 0 Å². The number of benzene rings is 1. The molecular weight excluding hydrogens is 231 g/mol. The molecule has 0 unspecified atom stereocenters. The Kier molecular flexibility index (Phi) is 2.44. The molecule has 0 fully saturated rings. The molecule has 15 heavy (non-hydrogen) atoms. The van der Waals surface area contributed by atoms with Crippen LogP contribution in [0.2, 0.25) is 10.0 Å². The van der Waals surface area contributed by atoms with Crippen molar-refractivity contribution in [1.29, 1.82) is 0 Å². The number of nitrogens with zero attached hydrogens (tertiary/aromatic N) is 1. The summed E-state index contributed by atoms with van der Waals surface area (Å²) >= 11 is 12.5. The summed E-state index contributed by atoms with van der Waals surface area (Å²) in [6, 6.07) is 1.87. The van der Waals surface area contributed by atoms with Crippen molar-refractivity contribution in [2.75, 3.05) is 0 Å². The summed E-state index contributed by atoms with van der Waals surface area (Å²) in [6.45, 7) is 6.25. The van der Waals surface area contributed by atoms with E-state index in [-0.39, 0.29) is 5.41 Å². The van der Waals surface area contributed by atoms with Crippen LogP contribution >= 0.6 is 23.2 Å². The van der Waals surface area contributed by atoms with E-state index in [1.165, 1.54) is 0 Å². The molecule has 0 aliphatic rings. The minimum Gasteiger partial charge on any atom is -0.345 e. The van der Waals surface area contributed by atoms with Crippen molar-refractivity contribution in [2.24, 2.45) is 0 Å². The molecule has 1 aromatic carbocycles. The first-order chi connectivity index (χ1) is 6.91. The van der Waals surface area contributed by atoms with Crippen LogP contribution in [0.1, 0.15) is 26.3 Å². The van der Waals surface area contributed by atoms with Gasteiger partial charge in [-0.3, -0.25) is 0 Å². The summed E-state index contributed by atoms with van der Waals surface area (Å²) in [5.41, 5.74) is 2.52. The molecular formula is C11H12Cl2N2. The number of aromatic nitrogens is 2. The second-order valence-corrected chi connectivity index (χ2v) is 5.38. The Hall–Kier alpha value is -0.730. The molecule has 1 aromatic heterocycles. The van der Waals surface area contributed by atoms with Crippen LogP contribution in [0.15, 0.2) is 12.4 Å². The molecule has 0 radical (unpaired) electrons. The van der Waals surface area contributed by atoms with Crippen molar-refractivity contribution in [1.82, 2.24) is 9.97 Å². The number of hydrogen-bond acceptors (Lipinski definition) is 1. The van der Waals surface area contributed by atoms with Crippen LogP contribution in [0.3, 0.4) is 0 Å². The third-order valence-electron chi connectivity index (χ3n) is 2.36. The maximum atomic E-state index is 6.31. The standard InChI is InChI=1S/C11H12Cl2N2/c1-11(2,3)8-6(12)4-7-10(9(8)13)15-5-14-7/h4-5H,1-3H3,(H,14,15). The monoisotopic (exact) mass is 242 g/mol. The maximum Gasteiger partial charge on any atom is 0.107 e. The highest BCUT2D eigenvalue weighted by molar-refractivity contribution is 6.39. The van der Waals surface area contributed by atoms with Gasteiger partial charge in [0.1, 0.15) is 5.52 Å². The van der Waals surface area contributed by atoms with Gasteiger partial charge in [0.15, 0.2) is 0 Å². The van der Waals surface area contributed by atoms with E-state index in [0.29, 0.717) is 10.0 Å². The SMILES string of the molecule is CC(C)(C)c1c(Cl)cc2[nH]cnc2c1Cl. The van der Waals surface area contributed by atoms with Gasteiger partial charge in [-0.25, -0.2) is 4.98 Å². The van der Waals surface area contributed by atoms with Crippen LogP contribution in [0.25, 0.3) is 11.0 Å². The quantitative estimate of drug-likeness (QED) is 0.739. The zero-order valence-corrected chi connectivity index (χ0v) is 10.4. The van der Waals surface area contributed by atoms with Gasteiger partial charge in [-0.2, -0.15) is 0 Å². The summed E-state index contributed by atoms with van der Waals surface area (Å²) in [5, 5.41) is 1.33. The first-order valence-corrected chi connectivity index (χ1v) is 5.48. The van der Waals surface area contributed by atoms with E-state index >= 15 is 0 Å². The molecule has 2 nitrogen and oxygen atoms in total. The highest BCUT2D eigenvalue weighted by Crippen LogP contribution is 2.39. The van der Waals surface area contributed by atoms with Crippen molar-refractivity contribution in [2.45, 2.75) is 26.2 Å². The normalized spacial score (nSPS) is 12.3. The molecule has 4 heteroatoms. The van der Waals surface area contributed by atoms with Crippen LogP contribution < -0.4 is 0 Å². The first kappa shape index (κ1) is 10.8. The Morgan fingerprint density at radius 3 is 2.53 bits per heavy atom. The number of hydrogen-bond donors (Lipinski definition) is 1.